The summed E-state index contributed by atoms with van der Waals surface area (Å²) in [5, 5.41) is 2.93. The van der Waals surface area contributed by atoms with Crippen LogP contribution in [-0.4, -0.2) is 5.91 Å². The van der Waals surface area contributed by atoms with E-state index >= 15 is 0 Å². The summed E-state index contributed by atoms with van der Waals surface area (Å²) >= 11 is 2.21. The smallest absolute Gasteiger partial charge is 0.255 e. The van der Waals surface area contributed by atoms with E-state index in [1.807, 2.05) is 48.5 Å². The molecular weight excluding hydrogens is 349 g/mol. The van der Waals surface area contributed by atoms with Crippen LogP contribution in [0.2, 0.25) is 0 Å². The molecule has 0 unspecified atom stereocenters. The molecule has 0 heterocycles. The fourth-order valence-corrected chi connectivity index (χ4v) is 2.30. The Labute approximate surface area is 127 Å². The molecule has 0 spiro atoms. The Morgan fingerprint density at radius 3 is 2.26 bits per heavy atom. The average molecular weight is 365 g/mol. The molecule has 2 nitrogen and oxygen atoms in total. The summed E-state index contributed by atoms with van der Waals surface area (Å²) in [6, 6.07) is 15.5. The second-order valence-corrected chi connectivity index (χ2v) is 5.87. The van der Waals surface area contributed by atoms with E-state index in [2.05, 4.69) is 41.8 Å². The third-order valence-corrected chi connectivity index (χ3v) is 3.90. The van der Waals surface area contributed by atoms with Gasteiger partial charge in [-0.15, -0.1) is 0 Å². The van der Waals surface area contributed by atoms with Crippen molar-refractivity contribution in [1.82, 2.24) is 0 Å². The normalized spacial score (nSPS) is 10.5. The number of carbonyl (C=O) groups is 1. The van der Waals surface area contributed by atoms with Crippen molar-refractivity contribution in [1.29, 1.82) is 0 Å². The zero-order valence-electron chi connectivity index (χ0n) is 11.0. The summed E-state index contributed by atoms with van der Waals surface area (Å²) < 4.78 is 1.03. The minimum Gasteiger partial charge on any atom is -0.321 e. The second-order valence-electron chi connectivity index (χ2n) is 4.71. The Morgan fingerprint density at radius 2 is 1.68 bits per heavy atom. The van der Waals surface area contributed by atoms with Crippen LogP contribution in [-0.2, 0) is 0 Å². The molecule has 1 amide bonds. The van der Waals surface area contributed by atoms with Crippen LogP contribution in [0.3, 0.4) is 0 Å². The lowest BCUT2D eigenvalue weighted by Gasteiger charge is -2.09. The molecule has 2 aromatic carbocycles. The Kier molecular flexibility index (Phi) is 4.58. The van der Waals surface area contributed by atoms with Gasteiger partial charge in [-0.2, -0.15) is 0 Å². The van der Waals surface area contributed by atoms with E-state index in [1.54, 1.807) is 0 Å². The molecule has 0 bridgehead atoms. The topological polar surface area (TPSA) is 29.1 Å². The molecule has 0 aliphatic carbocycles. The van der Waals surface area contributed by atoms with Crippen molar-refractivity contribution >= 4 is 34.2 Å². The quantitative estimate of drug-likeness (QED) is 0.788. The molecule has 3 heteroatoms. The lowest BCUT2D eigenvalue weighted by atomic mass is 10.0. The van der Waals surface area contributed by atoms with Gasteiger partial charge in [-0.1, -0.05) is 38.1 Å². The summed E-state index contributed by atoms with van der Waals surface area (Å²) in [5.41, 5.74) is 2.77. The van der Waals surface area contributed by atoms with Gasteiger partial charge >= 0.3 is 0 Å². The summed E-state index contributed by atoms with van der Waals surface area (Å²) in [5.74, 6) is 0.409. The van der Waals surface area contributed by atoms with Crippen molar-refractivity contribution in [2.45, 2.75) is 19.8 Å². The molecule has 0 radical (unpaired) electrons. The number of rotatable bonds is 3. The van der Waals surface area contributed by atoms with Crippen molar-refractivity contribution in [2.75, 3.05) is 5.32 Å². The molecule has 0 fully saturated rings. The number of amides is 1. The lowest BCUT2D eigenvalue weighted by Crippen LogP contribution is -2.12. The van der Waals surface area contributed by atoms with Gasteiger partial charge in [-0.05, 0) is 58.3 Å². The third kappa shape index (κ3) is 3.56. The van der Waals surface area contributed by atoms with Gasteiger partial charge in [-0.3, -0.25) is 4.79 Å². The van der Waals surface area contributed by atoms with Crippen molar-refractivity contribution < 1.29 is 4.79 Å². The highest BCUT2D eigenvalue weighted by molar-refractivity contribution is 14.1. The first kappa shape index (κ1) is 14.1. The maximum absolute atomic E-state index is 12.1. The fraction of sp³-hybridized carbons (Fsp3) is 0.188. The number of nitrogens with one attached hydrogen (secondary N) is 1. The van der Waals surface area contributed by atoms with E-state index in [0.717, 1.165) is 9.26 Å². The molecule has 98 valence electrons. The highest BCUT2D eigenvalue weighted by Gasteiger charge is 2.08. The standard InChI is InChI=1S/C16H16INO/c1-11(2)12-7-9-13(10-8-12)16(19)18-15-6-4-3-5-14(15)17/h3-11H,1-2H3,(H,18,19). The summed E-state index contributed by atoms with van der Waals surface area (Å²) in [4.78, 5) is 12.1. The molecule has 1 N–H and O–H groups in total. The molecule has 19 heavy (non-hydrogen) atoms. The number of para-hydroxylation sites is 1. The number of carbonyl (C=O) groups excluding carboxylic acids is 1. The average Bonchev–Trinajstić information content (AvgIpc) is 2.41. The second kappa shape index (κ2) is 6.19. The van der Waals surface area contributed by atoms with Gasteiger partial charge in [-0.25, -0.2) is 0 Å². The van der Waals surface area contributed by atoms with E-state index in [4.69, 9.17) is 0 Å². The number of hydrogen-bond acceptors (Lipinski definition) is 1. The number of hydrogen-bond donors (Lipinski definition) is 1. The van der Waals surface area contributed by atoms with Gasteiger partial charge in [0.1, 0.15) is 0 Å². The van der Waals surface area contributed by atoms with Crippen LogP contribution in [0, 0.1) is 3.57 Å². The first-order valence-corrected chi connectivity index (χ1v) is 7.31. The van der Waals surface area contributed by atoms with Gasteiger partial charge < -0.3 is 5.32 Å². The molecule has 0 aliphatic rings. The van der Waals surface area contributed by atoms with Crippen molar-refractivity contribution in [3.63, 3.8) is 0 Å². The van der Waals surface area contributed by atoms with Gasteiger partial charge in [0.25, 0.3) is 5.91 Å². The number of halogens is 1. The van der Waals surface area contributed by atoms with Gasteiger partial charge in [0.2, 0.25) is 0 Å². The number of benzene rings is 2. The van der Waals surface area contributed by atoms with Crippen molar-refractivity contribution in [2.24, 2.45) is 0 Å². The zero-order valence-corrected chi connectivity index (χ0v) is 13.1. The molecule has 0 atom stereocenters. The fourth-order valence-electron chi connectivity index (χ4n) is 1.78. The van der Waals surface area contributed by atoms with Crippen LogP contribution in [0.1, 0.15) is 35.7 Å². The maximum Gasteiger partial charge on any atom is 0.255 e. The highest BCUT2D eigenvalue weighted by Crippen LogP contribution is 2.19. The third-order valence-electron chi connectivity index (χ3n) is 2.96. The van der Waals surface area contributed by atoms with E-state index in [-0.39, 0.29) is 5.91 Å². The first-order valence-electron chi connectivity index (χ1n) is 6.24. The Morgan fingerprint density at radius 1 is 1.05 bits per heavy atom. The molecule has 2 rings (SSSR count). The Hall–Kier alpha value is -1.36. The molecule has 0 aromatic heterocycles. The summed E-state index contributed by atoms with van der Waals surface area (Å²) in [6.07, 6.45) is 0. The molecule has 2 aromatic rings. The van der Waals surface area contributed by atoms with E-state index in [9.17, 15) is 4.79 Å². The largest absolute Gasteiger partial charge is 0.321 e. The van der Waals surface area contributed by atoms with Crippen LogP contribution in [0.15, 0.2) is 48.5 Å². The van der Waals surface area contributed by atoms with Crippen LogP contribution in [0.5, 0.6) is 0 Å². The minimum atomic E-state index is -0.0700. The predicted octanol–water partition coefficient (Wildman–Crippen LogP) is 4.67. The summed E-state index contributed by atoms with van der Waals surface area (Å²) in [6.45, 7) is 4.28. The Bertz CT molecular complexity index is 576. The van der Waals surface area contributed by atoms with Crippen LogP contribution < -0.4 is 5.32 Å². The van der Waals surface area contributed by atoms with Gasteiger partial charge in [0, 0.05) is 9.13 Å². The zero-order chi connectivity index (χ0) is 13.8. The van der Waals surface area contributed by atoms with E-state index < -0.39 is 0 Å². The SMILES string of the molecule is CC(C)c1ccc(C(=O)Nc2ccccc2I)cc1. The highest BCUT2D eigenvalue weighted by atomic mass is 127. The lowest BCUT2D eigenvalue weighted by molar-refractivity contribution is 0.102. The monoisotopic (exact) mass is 365 g/mol. The molecule has 0 saturated carbocycles. The maximum atomic E-state index is 12.1. The molecule has 0 aliphatic heterocycles. The number of anilines is 1. The predicted molar refractivity (Wildman–Crippen MR) is 87.6 cm³/mol. The van der Waals surface area contributed by atoms with Gasteiger partial charge in [0.15, 0.2) is 0 Å². The summed E-state index contributed by atoms with van der Waals surface area (Å²) in [7, 11) is 0. The minimum absolute atomic E-state index is 0.0700. The van der Waals surface area contributed by atoms with Gasteiger partial charge in [0.05, 0.1) is 5.69 Å². The van der Waals surface area contributed by atoms with Crippen molar-refractivity contribution in [3.8, 4) is 0 Å². The van der Waals surface area contributed by atoms with E-state index in [1.165, 1.54) is 5.56 Å². The van der Waals surface area contributed by atoms with Crippen molar-refractivity contribution in [3.05, 3.63) is 63.2 Å². The van der Waals surface area contributed by atoms with E-state index in [0.29, 0.717) is 11.5 Å². The first-order chi connectivity index (χ1) is 9.08. The van der Waals surface area contributed by atoms with Crippen LogP contribution in [0.25, 0.3) is 0 Å². The van der Waals surface area contributed by atoms with Crippen LogP contribution >= 0.6 is 22.6 Å². The van der Waals surface area contributed by atoms with Crippen LogP contribution in [0.4, 0.5) is 5.69 Å². The molecular formula is C16H16INO. The Balaban J connectivity index is 2.14. The molecule has 0 saturated heterocycles.